The van der Waals surface area contributed by atoms with E-state index in [4.69, 9.17) is 0 Å². The highest BCUT2D eigenvalue weighted by molar-refractivity contribution is 6.34. The lowest BCUT2D eigenvalue weighted by Crippen LogP contribution is -2.41. The van der Waals surface area contributed by atoms with Crippen LogP contribution in [0.5, 0.6) is 0 Å². The number of unbranched alkanes of at least 4 members (excludes halogenated alkanes) is 1. The molecule has 2 amide bonds. The predicted octanol–water partition coefficient (Wildman–Crippen LogP) is 0.956. The minimum absolute atomic E-state index is 0.342. The van der Waals surface area contributed by atoms with Crippen molar-refractivity contribution in [3.63, 3.8) is 0 Å². The van der Waals surface area contributed by atoms with Crippen molar-refractivity contribution in [2.45, 2.75) is 26.3 Å². The van der Waals surface area contributed by atoms with Gasteiger partial charge in [-0.1, -0.05) is 13.3 Å². The molecular formula is C13H19N3O2. The highest BCUT2D eigenvalue weighted by Crippen LogP contribution is 1.96. The molecule has 0 spiro atoms. The summed E-state index contributed by atoms with van der Waals surface area (Å²) < 4.78 is 0. The van der Waals surface area contributed by atoms with E-state index in [9.17, 15) is 9.59 Å². The van der Waals surface area contributed by atoms with Crippen molar-refractivity contribution in [2.24, 2.45) is 0 Å². The molecule has 18 heavy (non-hydrogen) atoms. The van der Waals surface area contributed by atoms with Crippen LogP contribution in [-0.2, 0) is 16.1 Å². The molecule has 0 saturated heterocycles. The smallest absolute Gasteiger partial charge is 0.311 e. The first-order valence-corrected chi connectivity index (χ1v) is 6.07. The van der Waals surface area contributed by atoms with Gasteiger partial charge < -0.3 is 10.2 Å². The zero-order valence-corrected chi connectivity index (χ0v) is 10.8. The van der Waals surface area contributed by atoms with Gasteiger partial charge in [-0.3, -0.25) is 14.6 Å². The van der Waals surface area contributed by atoms with Crippen molar-refractivity contribution in [1.82, 2.24) is 15.2 Å². The van der Waals surface area contributed by atoms with Gasteiger partial charge in [0.05, 0.1) is 0 Å². The molecule has 0 radical (unpaired) electrons. The van der Waals surface area contributed by atoms with Crippen LogP contribution in [0.15, 0.2) is 24.5 Å². The van der Waals surface area contributed by atoms with Gasteiger partial charge in [0.1, 0.15) is 0 Å². The van der Waals surface area contributed by atoms with Crippen LogP contribution in [0, 0.1) is 0 Å². The minimum Gasteiger partial charge on any atom is -0.344 e. The van der Waals surface area contributed by atoms with E-state index in [1.165, 1.54) is 4.90 Å². The quantitative estimate of drug-likeness (QED) is 0.790. The first-order chi connectivity index (χ1) is 8.65. The van der Waals surface area contributed by atoms with E-state index in [-0.39, 0.29) is 0 Å². The largest absolute Gasteiger partial charge is 0.344 e. The molecule has 0 aliphatic rings. The first kappa shape index (κ1) is 14.2. The van der Waals surface area contributed by atoms with Gasteiger partial charge in [0.2, 0.25) is 0 Å². The van der Waals surface area contributed by atoms with Crippen LogP contribution in [0.3, 0.4) is 0 Å². The summed E-state index contributed by atoms with van der Waals surface area (Å²) >= 11 is 0. The molecule has 0 aliphatic carbocycles. The minimum atomic E-state index is -0.564. The molecule has 0 fully saturated rings. The van der Waals surface area contributed by atoms with E-state index in [0.29, 0.717) is 13.1 Å². The average Bonchev–Trinajstić information content (AvgIpc) is 2.42. The fourth-order valence-electron chi connectivity index (χ4n) is 1.43. The van der Waals surface area contributed by atoms with Crippen molar-refractivity contribution < 1.29 is 9.59 Å². The maximum absolute atomic E-state index is 11.7. The van der Waals surface area contributed by atoms with Crippen LogP contribution in [0.1, 0.15) is 25.3 Å². The fourth-order valence-corrected chi connectivity index (χ4v) is 1.43. The number of hydrogen-bond acceptors (Lipinski definition) is 3. The van der Waals surface area contributed by atoms with Crippen molar-refractivity contribution in [2.75, 3.05) is 13.6 Å². The van der Waals surface area contributed by atoms with E-state index in [1.807, 2.05) is 6.92 Å². The molecule has 98 valence electrons. The number of rotatable bonds is 5. The Morgan fingerprint density at radius 3 is 2.61 bits per heavy atom. The summed E-state index contributed by atoms with van der Waals surface area (Å²) in [6, 6.07) is 3.59. The molecule has 1 rings (SSSR count). The lowest BCUT2D eigenvalue weighted by Gasteiger charge is -2.15. The predicted molar refractivity (Wildman–Crippen MR) is 68.6 cm³/mol. The van der Waals surface area contributed by atoms with Crippen molar-refractivity contribution >= 4 is 11.8 Å². The molecule has 0 aliphatic heterocycles. The highest BCUT2D eigenvalue weighted by atomic mass is 16.2. The van der Waals surface area contributed by atoms with Gasteiger partial charge in [-0.15, -0.1) is 0 Å². The van der Waals surface area contributed by atoms with Gasteiger partial charge in [-0.05, 0) is 24.1 Å². The lowest BCUT2D eigenvalue weighted by molar-refractivity contribution is -0.145. The Morgan fingerprint density at radius 1 is 1.33 bits per heavy atom. The Hall–Kier alpha value is -1.91. The van der Waals surface area contributed by atoms with Crippen molar-refractivity contribution in [1.29, 1.82) is 0 Å². The molecule has 5 nitrogen and oxygen atoms in total. The topological polar surface area (TPSA) is 62.3 Å². The molecule has 0 unspecified atom stereocenters. The average molecular weight is 249 g/mol. The Bertz CT molecular complexity index is 392. The number of amides is 2. The normalized spacial score (nSPS) is 9.89. The zero-order chi connectivity index (χ0) is 13.4. The summed E-state index contributed by atoms with van der Waals surface area (Å²) in [7, 11) is 1.64. The van der Waals surface area contributed by atoms with Gasteiger partial charge in [-0.25, -0.2) is 0 Å². The van der Waals surface area contributed by atoms with Crippen LogP contribution in [-0.4, -0.2) is 35.3 Å². The van der Waals surface area contributed by atoms with Gasteiger partial charge in [0.15, 0.2) is 0 Å². The number of carbonyl (C=O) groups is 2. The molecule has 1 aromatic heterocycles. The van der Waals surface area contributed by atoms with E-state index in [2.05, 4.69) is 10.3 Å². The summed E-state index contributed by atoms with van der Waals surface area (Å²) in [6.45, 7) is 2.99. The third-order valence-corrected chi connectivity index (χ3v) is 2.59. The Kier molecular flexibility index (Phi) is 5.84. The maximum atomic E-state index is 11.7. The standard InChI is InChI=1S/C13H19N3O2/c1-3-4-9-16(2)13(18)12(17)15-10-11-5-7-14-8-6-11/h5-8H,3-4,9-10H2,1-2H3,(H,15,17). The van der Waals surface area contributed by atoms with Crippen LogP contribution < -0.4 is 5.32 Å². The molecule has 1 aromatic rings. The molecule has 1 N–H and O–H groups in total. The summed E-state index contributed by atoms with van der Waals surface area (Å²) in [4.78, 5) is 28.6. The third kappa shape index (κ3) is 4.53. The number of nitrogens with zero attached hydrogens (tertiary/aromatic N) is 2. The fraction of sp³-hybridized carbons (Fsp3) is 0.462. The second-order valence-corrected chi connectivity index (χ2v) is 4.12. The van der Waals surface area contributed by atoms with Crippen LogP contribution >= 0.6 is 0 Å². The number of pyridine rings is 1. The second kappa shape index (κ2) is 7.42. The summed E-state index contributed by atoms with van der Waals surface area (Å²) in [5.41, 5.74) is 0.919. The van der Waals surface area contributed by atoms with E-state index >= 15 is 0 Å². The Morgan fingerprint density at radius 2 is 2.00 bits per heavy atom. The first-order valence-electron chi connectivity index (χ1n) is 6.07. The highest BCUT2D eigenvalue weighted by Gasteiger charge is 2.17. The summed E-state index contributed by atoms with van der Waals surface area (Å²) in [6.07, 6.45) is 5.20. The van der Waals surface area contributed by atoms with Gasteiger partial charge >= 0.3 is 11.8 Å². The van der Waals surface area contributed by atoms with E-state index < -0.39 is 11.8 Å². The molecule has 0 bridgehead atoms. The zero-order valence-electron chi connectivity index (χ0n) is 10.8. The van der Waals surface area contributed by atoms with E-state index in [1.54, 1.807) is 31.6 Å². The lowest BCUT2D eigenvalue weighted by atomic mass is 10.2. The molecule has 0 atom stereocenters. The number of likely N-dealkylation sites (N-methyl/N-ethyl adjacent to an activating group) is 1. The van der Waals surface area contributed by atoms with Crippen molar-refractivity contribution in [3.8, 4) is 0 Å². The van der Waals surface area contributed by atoms with Crippen LogP contribution in [0.25, 0.3) is 0 Å². The Labute approximate surface area is 107 Å². The molecule has 0 aromatic carbocycles. The molecule has 0 saturated carbocycles. The number of hydrogen-bond donors (Lipinski definition) is 1. The van der Waals surface area contributed by atoms with Gasteiger partial charge in [0.25, 0.3) is 0 Å². The Balaban J connectivity index is 2.38. The SMILES string of the molecule is CCCCN(C)C(=O)C(=O)NCc1ccncc1. The summed E-state index contributed by atoms with van der Waals surface area (Å²) in [5.74, 6) is -1.05. The van der Waals surface area contributed by atoms with Gasteiger partial charge in [-0.2, -0.15) is 0 Å². The maximum Gasteiger partial charge on any atom is 0.311 e. The molecule has 1 heterocycles. The molecule has 5 heteroatoms. The van der Waals surface area contributed by atoms with E-state index in [0.717, 1.165) is 18.4 Å². The van der Waals surface area contributed by atoms with Crippen LogP contribution in [0.2, 0.25) is 0 Å². The molecular weight excluding hydrogens is 230 g/mol. The third-order valence-electron chi connectivity index (χ3n) is 2.59. The number of carbonyl (C=O) groups excluding carboxylic acids is 2. The second-order valence-electron chi connectivity index (χ2n) is 4.12. The monoisotopic (exact) mass is 249 g/mol. The van der Waals surface area contributed by atoms with Gasteiger partial charge in [0, 0.05) is 32.5 Å². The summed E-state index contributed by atoms with van der Waals surface area (Å²) in [5, 5.41) is 2.60. The van der Waals surface area contributed by atoms with Crippen LogP contribution in [0.4, 0.5) is 0 Å². The number of nitrogens with one attached hydrogen (secondary N) is 1. The number of aromatic nitrogens is 1. The van der Waals surface area contributed by atoms with Crippen molar-refractivity contribution in [3.05, 3.63) is 30.1 Å².